The molecule has 0 amide bonds. The minimum atomic E-state index is -0.481. The van der Waals surface area contributed by atoms with Gasteiger partial charge >= 0.3 is 0 Å². The number of imidazole rings is 1. The van der Waals surface area contributed by atoms with Crippen LogP contribution in [-0.2, 0) is 6.54 Å². The molecule has 0 radical (unpaired) electrons. The first-order chi connectivity index (χ1) is 15.0. The molecule has 0 aliphatic rings. The Morgan fingerprint density at radius 3 is 2.74 bits per heavy atom. The summed E-state index contributed by atoms with van der Waals surface area (Å²) in [6.07, 6.45) is 6.34. The number of rotatable bonds is 7. The summed E-state index contributed by atoms with van der Waals surface area (Å²) >= 11 is 5.85. The SMILES string of the molecule is Cc1ccc(O)c(-c2cc(-c3ccc(Cl)c(F)c3)cc(NCCCn3ccnc3)n2)c1. The average Bonchev–Trinajstić information content (AvgIpc) is 3.28. The van der Waals surface area contributed by atoms with E-state index in [1.807, 2.05) is 42.0 Å². The maximum absolute atomic E-state index is 14.1. The fourth-order valence-electron chi connectivity index (χ4n) is 3.35. The molecule has 2 aromatic carbocycles. The number of nitrogens with zero attached hydrogens (tertiary/aromatic N) is 3. The highest BCUT2D eigenvalue weighted by Crippen LogP contribution is 2.34. The van der Waals surface area contributed by atoms with Crippen molar-refractivity contribution >= 4 is 17.4 Å². The van der Waals surface area contributed by atoms with Crippen molar-refractivity contribution in [2.45, 2.75) is 19.9 Å². The molecule has 0 spiro atoms. The van der Waals surface area contributed by atoms with Crippen LogP contribution in [0.1, 0.15) is 12.0 Å². The molecule has 7 heteroatoms. The van der Waals surface area contributed by atoms with Crippen molar-refractivity contribution in [1.29, 1.82) is 0 Å². The van der Waals surface area contributed by atoms with Gasteiger partial charge in [0.05, 0.1) is 17.0 Å². The Hall–Kier alpha value is -3.38. The van der Waals surface area contributed by atoms with E-state index in [4.69, 9.17) is 16.6 Å². The number of hydrogen-bond acceptors (Lipinski definition) is 4. The number of anilines is 1. The van der Waals surface area contributed by atoms with Gasteiger partial charge in [-0.1, -0.05) is 29.3 Å². The quantitative estimate of drug-likeness (QED) is 0.353. The molecule has 2 N–H and O–H groups in total. The molecule has 0 atom stereocenters. The third kappa shape index (κ3) is 5.03. The monoisotopic (exact) mass is 436 g/mol. The van der Waals surface area contributed by atoms with E-state index >= 15 is 0 Å². The van der Waals surface area contributed by atoms with Gasteiger partial charge in [0.25, 0.3) is 0 Å². The summed E-state index contributed by atoms with van der Waals surface area (Å²) in [6, 6.07) is 13.8. The Labute approximate surface area is 185 Å². The van der Waals surface area contributed by atoms with Gasteiger partial charge in [-0.15, -0.1) is 0 Å². The number of pyridine rings is 1. The summed E-state index contributed by atoms with van der Waals surface area (Å²) in [5.41, 5.74) is 3.69. The van der Waals surface area contributed by atoms with Gasteiger partial charge in [-0.05, 0) is 60.9 Å². The minimum absolute atomic E-state index is 0.0761. The molecule has 4 aromatic rings. The first-order valence-electron chi connectivity index (χ1n) is 9.97. The van der Waals surface area contributed by atoms with E-state index < -0.39 is 5.82 Å². The smallest absolute Gasteiger partial charge is 0.142 e. The van der Waals surface area contributed by atoms with Gasteiger partial charge in [0.2, 0.25) is 0 Å². The van der Waals surface area contributed by atoms with Gasteiger partial charge in [-0.25, -0.2) is 14.4 Å². The van der Waals surface area contributed by atoms with Crippen molar-refractivity contribution in [3.05, 3.63) is 83.7 Å². The molecule has 2 aromatic heterocycles. The number of phenolic OH excluding ortho intramolecular Hbond substituents is 1. The highest BCUT2D eigenvalue weighted by atomic mass is 35.5. The van der Waals surface area contributed by atoms with Crippen molar-refractivity contribution in [3.63, 3.8) is 0 Å². The maximum Gasteiger partial charge on any atom is 0.142 e. The fraction of sp³-hybridized carbons (Fsp3) is 0.167. The van der Waals surface area contributed by atoms with Crippen molar-refractivity contribution in [1.82, 2.24) is 14.5 Å². The first kappa shape index (κ1) is 20.9. The Morgan fingerprint density at radius 2 is 1.97 bits per heavy atom. The standard InChI is InChI=1S/C24H22ClFN4O/c1-16-3-6-23(31)19(11-16)22-13-18(17-4-5-20(25)21(26)12-17)14-24(29-22)28-7-2-9-30-10-8-27-15-30/h3-6,8,10-15,31H,2,7,9H2,1H3,(H,28,29). The van der Waals surface area contributed by atoms with E-state index in [9.17, 15) is 9.50 Å². The lowest BCUT2D eigenvalue weighted by Crippen LogP contribution is -2.07. The first-order valence-corrected chi connectivity index (χ1v) is 10.3. The second-order valence-electron chi connectivity index (χ2n) is 7.36. The maximum atomic E-state index is 14.1. The lowest BCUT2D eigenvalue weighted by atomic mass is 10.0. The normalized spacial score (nSPS) is 10.9. The lowest BCUT2D eigenvalue weighted by molar-refractivity contribution is 0.477. The molecular weight excluding hydrogens is 415 g/mol. The zero-order valence-corrected chi connectivity index (χ0v) is 17.8. The Kier molecular flexibility index (Phi) is 6.18. The average molecular weight is 437 g/mol. The van der Waals surface area contributed by atoms with Gasteiger partial charge in [-0.3, -0.25) is 0 Å². The summed E-state index contributed by atoms with van der Waals surface area (Å²) in [4.78, 5) is 8.74. The van der Waals surface area contributed by atoms with Gasteiger partial charge in [-0.2, -0.15) is 0 Å². The Bertz CT molecular complexity index is 1190. The number of aromatic nitrogens is 3. The molecule has 0 aliphatic heterocycles. The summed E-state index contributed by atoms with van der Waals surface area (Å²) < 4.78 is 16.1. The van der Waals surface area contributed by atoms with E-state index in [2.05, 4.69) is 10.3 Å². The Balaban J connectivity index is 1.66. The third-order valence-electron chi connectivity index (χ3n) is 4.96. The molecule has 4 rings (SSSR count). The molecule has 0 saturated heterocycles. The molecule has 0 unspecified atom stereocenters. The van der Waals surface area contributed by atoms with Crippen LogP contribution in [0.25, 0.3) is 22.4 Å². The van der Waals surface area contributed by atoms with E-state index in [-0.39, 0.29) is 10.8 Å². The van der Waals surface area contributed by atoms with Crippen LogP contribution in [0.3, 0.4) is 0 Å². The molecule has 31 heavy (non-hydrogen) atoms. The second kappa shape index (κ2) is 9.18. The van der Waals surface area contributed by atoms with E-state index in [1.54, 1.807) is 24.7 Å². The van der Waals surface area contributed by atoms with Crippen molar-refractivity contribution in [2.24, 2.45) is 0 Å². The van der Waals surface area contributed by atoms with Gasteiger partial charge in [0, 0.05) is 31.0 Å². The highest BCUT2D eigenvalue weighted by molar-refractivity contribution is 6.30. The summed E-state index contributed by atoms with van der Waals surface area (Å²) in [5.74, 6) is 0.309. The number of hydrogen-bond donors (Lipinski definition) is 2. The Morgan fingerprint density at radius 1 is 1.10 bits per heavy atom. The van der Waals surface area contributed by atoms with Crippen LogP contribution in [0, 0.1) is 12.7 Å². The number of aromatic hydroxyl groups is 1. The highest BCUT2D eigenvalue weighted by Gasteiger charge is 2.12. The molecular formula is C24H22ClFN4O. The minimum Gasteiger partial charge on any atom is -0.507 e. The number of benzene rings is 2. The van der Waals surface area contributed by atoms with Crippen LogP contribution < -0.4 is 5.32 Å². The second-order valence-corrected chi connectivity index (χ2v) is 7.76. The number of nitrogens with one attached hydrogen (secondary N) is 1. The van der Waals surface area contributed by atoms with E-state index in [1.165, 1.54) is 12.1 Å². The molecule has 158 valence electrons. The topological polar surface area (TPSA) is 63.0 Å². The molecule has 0 saturated carbocycles. The predicted octanol–water partition coefficient (Wildman–Crippen LogP) is 5.92. The van der Waals surface area contributed by atoms with Gasteiger partial charge in [0.1, 0.15) is 17.4 Å². The van der Waals surface area contributed by atoms with Crippen molar-refractivity contribution < 1.29 is 9.50 Å². The molecule has 0 bridgehead atoms. The number of aryl methyl sites for hydroxylation is 2. The lowest BCUT2D eigenvalue weighted by Gasteiger charge is -2.13. The number of halogens is 2. The molecule has 0 fully saturated rings. The van der Waals surface area contributed by atoms with Crippen LogP contribution in [-0.4, -0.2) is 26.2 Å². The van der Waals surface area contributed by atoms with Crippen LogP contribution in [0.4, 0.5) is 10.2 Å². The molecule has 0 aliphatic carbocycles. The van der Waals surface area contributed by atoms with Crippen LogP contribution in [0.5, 0.6) is 5.75 Å². The predicted molar refractivity (Wildman–Crippen MR) is 122 cm³/mol. The van der Waals surface area contributed by atoms with Crippen molar-refractivity contribution in [2.75, 3.05) is 11.9 Å². The zero-order chi connectivity index (χ0) is 21.8. The van der Waals surface area contributed by atoms with Gasteiger partial charge < -0.3 is 15.0 Å². The zero-order valence-electron chi connectivity index (χ0n) is 17.0. The summed E-state index contributed by atoms with van der Waals surface area (Å²) in [6.45, 7) is 3.49. The largest absolute Gasteiger partial charge is 0.507 e. The number of phenols is 1. The van der Waals surface area contributed by atoms with Crippen LogP contribution >= 0.6 is 11.6 Å². The van der Waals surface area contributed by atoms with E-state index in [0.29, 0.717) is 29.2 Å². The van der Waals surface area contributed by atoms with Crippen LogP contribution in [0.2, 0.25) is 5.02 Å². The van der Waals surface area contributed by atoms with Crippen molar-refractivity contribution in [3.8, 4) is 28.1 Å². The summed E-state index contributed by atoms with van der Waals surface area (Å²) in [5, 5.41) is 13.8. The third-order valence-corrected chi connectivity index (χ3v) is 5.27. The van der Waals surface area contributed by atoms with Gasteiger partial charge in [0.15, 0.2) is 0 Å². The molecule has 2 heterocycles. The van der Waals surface area contributed by atoms with E-state index in [0.717, 1.165) is 24.1 Å². The van der Waals surface area contributed by atoms with Crippen LogP contribution in [0.15, 0.2) is 67.3 Å². The summed E-state index contributed by atoms with van der Waals surface area (Å²) in [7, 11) is 0. The molecule has 5 nitrogen and oxygen atoms in total. The fourth-order valence-corrected chi connectivity index (χ4v) is 3.47.